The third-order valence-electron chi connectivity index (χ3n) is 4.07. The summed E-state index contributed by atoms with van der Waals surface area (Å²) >= 11 is 0. The van der Waals surface area contributed by atoms with Crippen molar-refractivity contribution in [2.75, 3.05) is 13.1 Å². The van der Waals surface area contributed by atoms with Crippen LogP contribution in [0.1, 0.15) is 0 Å². The molecule has 2 heterocycles. The van der Waals surface area contributed by atoms with E-state index in [9.17, 15) is 30.6 Å². The second-order valence-corrected chi connectivity index (χ2v) is 5.64. The number of aliphatic hydroxyl groups is 6. The number of hydrogen-bond acceptors (Lipinski definition) is 11. The molecule has 10 N–H and O–H groups in total. The zero-order valence-electron chi connectivity index (χ0n) is 12.3. The normalized spacial score (nSPS) is 51.7. The number of ether oxygens (including phenoxy) is 3. The number of aliphatic hydroxyl groups excluding tert-OH is 6. The molecule has 2 fully saturated rings. The Bertz CT molecular complexity index is 352. The lowest BCUT2D eigenvalue weighted by Gasteiger charge is -2.44. The minimum absolute atomic E-state index is 0.147. The van der Waals surface area contributed by atoms with Gasteiger partial charge >= 0.3 is 0 Å². The predicted octanol–water partition coefficient (Wildman–Crippen LogP) is -5.46. The van der Waals surface area contributed by atoms with E-state index in [2.05, 4.69) is 0 Å². The van der Waals surface area contributed by atoms with E-state index in [1.54, 1.807) is 0 Å². The Balaban J connectivity index is 2.07. The van der Waals surface area contributed by atoms with E-state index in [-0.39, 0.29) is 13.1 Å². The maximum Gasteiger partial charge on any atom is 0.189 e. The highest BCUT2D eigenvalue weighted by molar-refractivity contribution is 4.92. The summed E-state index contributed by atoms with van der Waals surface area (Å²) in [5.41, 5.74) is 10.8. The first kappa shape index (κ1) is 18.9. The molecular formula is C12H24N2O9. The summed E-state index contributed by atoms with van der Waals surface area (Å²) in [6.07, 6.45) is -14.2. The molecule has 23 heavy (non-hydrogen) atoms. The van der Waals surface area contributed by atoms with E-state index in [4.69, 9.17) is 25.7 Å². The van der Waals surface area contributed by atoms with Gasteiger partial charge in [0.2, 0.25) is 0 Å². The number of rotatable bonds is 4. The Hall–Kier alpha value is -0.440. The van der Waals surface area contributed by atoms with Gasteiger partial charge in [-0.1, -0.05) is 0 Å². The van der Waals surface area contributed by atoms with Crippen molar-refractivity contribution in [3.8, 4) is 0 Å². The molecule has 2 aliphatic heterocycles. The molecule has 2 aliphatic rings. The summed E-state index contributed by atoms with van der Waals surface area (Å²) in [6.45, 7) is -0.294. The van der Waals surface area contributed by atoms with Crippen molar-refractivity contribution in [3.63, 3.8) is 0 Å². The molecule has 0 spiro atoms. The predicted molar refractivity (Wildman–Crippen MR) is 72.6 cm³/mol. The fourth-order valence-electron chi connectivity index (χ4n) is 2.58. The van der Waals surface area contributed by atoms with Crippen LogP contribution in [-0.4, -0.2) is 105 Å². The maximum absolute atomic E-state index is 9.90. The SMILES string of the molecule is NCC1O[C@H](O[C@H]2OC(CN)[C@@H](O)C(O)[C@H]2O)C(O)C(O)[C@@H]1O. The van der Waals surface area contributed by atoms with Crippen molar-refractivity contribution in [2.45, 2.75) is 61.4 Å². The molecule has 5 unspecified atom stereocenters. The summed E-state index contributed by atoms with van der Waals surface area (Å²) in [4.78, 5) is 0. The van der Waals surface area contributed by atoms with Crippen molar-refractivity contribution in [1.82, 2.24) is 0 Å². The van der Waals surface area contributed by atoms with Gasteiger partial charge in [0.1, 0.15) is 48.8 Å². The topological polar surface area (TPSA) is 201 Å². The summed E-state index contributed by atoms with van der Waals surface area (Å²) < 4.78 is 15.7. The zero-order valence-corrected chi connectivity index (χ0v) is 12.3. The molecule has 136 valence electrons. The Morgan fingerprint density at radius 3 is 1.26 bits per heavy atom. The first-order valence-electron chi connectivity index (χ1n) is 7.26. The van der Waals surface area contributed by atoms with E-state index in [0.29, 0.717) is 0 Å². The van der Waals surface area contributed by atoms with Gasteiger partial charge in [-0.05, 0) is 0 Å². The minimum atomic E-state index is -1.64. The van der Waals surface area contributed by atoms with Gasteiger partial charge < -0.3 is 56.3 Å². The highest BCUT2D eigenvalue weighted by atomic mass is 16.8. The van der Waals surface area contributed by atoms with Crippen molar-refractivity contribution in [2.24, 2.45) is 11.5 Å². The Kier molecular flexibility index (Phi) is 6.27. The molecule has 0 aromatic rings. The first-order chi connectivity index (χ1) is 10.8. The van der Waals surface area contributed by atoms with Crippen LogP contribution >= 0.6 is 0 Å². The van der Waals surface area contributed by atoms with Crippen LogP contribution in [0.25, 0.3) is 0 Å². The molecule has 10 atom stereocenters. The average molecular weight is 340 g/mol. The smallest absolute Gasteiger partial charge is 0.189 e. The lowest BCUT2D eigenvalue weighted by molar-refractivity contribution is -0.371. The van der Waals surface area contributed by atoms with Gasteiger partial charge in [0, 0.05) is 13.1 Å². The van der Waals surface area contributed by atoms with E-state index < -0.39 is 61.4 Å². The highest BCUT2D eigenvalue weighted by Gasteiger charge is 2.49. The molecule has 0 amide bonds. The van der Waals surface area contributed by atoms with Crippen molar-refractivity contribution < 1.29 is 44.8 Å². The lowest BCUT2D eigenvalue weighted by atomic mass is 9.98. The average Bonchev–Trinajstić information content (AvgIpc) is 2.55. The number of nitrogens with two attached hydrogens (primary N) is 2. The molecule has 0 radical (unpaired) electrons. The lowest BCUT2D eigenvalue weighted by Crippen LogP contribution is -2.64. The summed E-state index contributed by atoms with van der Waals surface area (Å²) in [7, 11) is 0. The molecule has 11 nitrogen and oxygen atoms in total. The van der Waals surface area contributed by atoms with Crippen molar-refractivity contribution in [1.29, 1.82) is 0 Å². The largest absolute Gasteiger partial charge is 0.388 e. The third-order valence-corrected chi connectivity index (χ3v) is 4.07. The van der Waals surface area contributed by atoms with Gasteiger partial charge in [0.05, 0.1) is 0 Å². The molecule has 0 bridgehead atoms. The fourth-order valence-corrected chi connectivity index (χ4v) is 2.58. The summed E-state index contributed by atoms with van der Waals surface area (Å²) in [5.74, 6) is 0. The van der Waals surface area contributed by atoms with Crippen LogP contribution in [0.2, 0.25) is 0 Å². The fraction of sp³-hybridized carbons (Fsp3) is 1.00. The number of hydrogen-bond donors (Lipinski definition) is 8. The Morgan fingerprint density at radius 1 is 0.609 bits per heavy atom. The van der Waals surface area contributed by atoms with Gasteiger partial charge in [-0.25, -0.2) is 0 Å². The van der Waals surface area contributed by atoms with Gasteiger partial charge in [0.25, 0.3) is 0 Å². The third kappa shape index (κ3) is 3.65. The Morgan fingerprint density at radius 2 is 0.957 bits per heavy atom. The van der Waals surface area contributed by atoms with E-state index >= 15 is 0 Å². The molecule has 2 rings (SSSR count). The van der Waals surface area contributed by atoms with Crippen LogP contribution in [0, 0.1) is 0 Å². The van der Waals surface area contributed by atoms with Gasteiger partial charge in [-0.2, -0.15) is 0 Å². The van der Waals surface area contributed by atoms with E-state index in [1.165, 1.54) is 0 Å². The summed E-state index contributed by atoms with van der Waals surface area (Å²) in [6, 6.07) is 0. The van der Waals surface area contributed by atoms with Gasteiger partial charge in [-0.3, -0.25) is 0 Å². The zero-order chi connectivity index (χ0) is 17.3. The maximum atomic E-state index is 9.90. The monoisotopic (exact) mass is 340 g/mol. The van der Waals surface area contributed by atoms with Crippen LogP contribution in [0.4, 0.5) is 0 Å². The molecule has 2 saturated heterocycles. The molecule has 0 aromatic heterocycles. The van der Waals surface area contributed by atoms with Crippen LogP contribution in [0.3, 0.4) is 0 Å². The molecule has 0 saturated carbocycles. The molecule has 11 heteroatoms. The van der Waals surface area contributed by atoms with Gasteiger partial charge in [0.15, 0.2) is 12.6 Å². The van der Waals surface area contributed by atoms with Crippen LogP contribution < -0.4 is 11.5 Å². The molecule has 0 aromatic carbocycles. The van der Waals surface area contributed by atoms with Crippen molar-refractivity contribution in [3.05, 3.63) is 0 Å². The van der Waals surface area contributed by atoms with E-state index in [1.807, 2.05) is 0 Å². The first-order valence-corrected chi connectivity index (χ1v) is 7.26. The van der Waals surface area contributed by atoms with Crippen molar-refractivity contribution >= 4 is 0 Å². The van der Waals surface area contributed by atoms with Gasteiger partial charge in [-0.15, -0.1) is 0 Å². The second-order valence-electron chi connectivity index (χ2n) is 5.64. The highest BCUT2D eigenvalue weighted by Crippen LogP contribution is 2.27. The standard InChI is InChI=1S/C12H24N2O9/c13-1-3-5(15)7(17)9(19)11(21-3)23-12-10(20)8(18)6(16)4(2-14)22-12/h3-12,15-20H,1-2,13-14H2/t3?,4?,5-,6-,7?,8?,9-,10?,11-,12-/m1/s1. The second kappa shape index (κ2) is 7.63. The molecule has 0 aliphatic carbocycles. The van der Waals surface area contributed by atoms with Crippen LogP contribution in [0.15, 0.2) is 0 Å². The minimum Gasteiger partial charge on any atom is -0.388 e. The quantitative estimate of drug-likeness (QED) is 0.242. The van der Waals surface area contributed by atoms with Crippen LogP contribution in [0.5, 0.6) is 0 Å². The Labute approximate surface area is 132 Å². The van der Waals surface area contributed by atoms with E-state index in [0.717, 1.165) is 0 Å². The van der Waals surface area contributed by atoms with Crippen LogP contribution in [-0.2, 0) is 14.2 Å². The summed E-state index contributed by atoms with van der Waals surface area (Å²) in [5, 5.41) is 58.8. The molecular weight excluding hydrogens is 316 g/mol.